The van der Waals surface area contributed by atoms with Crippen LogP contribution in [0.2, 0.25) is 0 Å². The molecular weight excluding hydrogens is 438 g/mol. The zero-order chi connectivity index (χ0) is 23.9. The van der Waals surface area contributed by atoms with Gasteiger partial charge in [0.15, 0.2) is 0 Å². The van der Waals surface area contributed by atoms with Crippen LogP contribution in [0.5, 0.6) is 0 Å². The summed E-state index contributed by atoms with van der Waals surface area (Å²) in [6, 6.07) is 42.1. The molecule has 0 unspecified atom stereocenters. The number of rotatable bonds is 3. The van der Waals surface area contributed by atoms with Gasteiger partial charge < -0.3 is 0 Å². The molecule has 3 aromatic heterocycles. The van der Waals surface area contributed by atoms with Crippen LogP contribution in [0.4, 0.5) is 0 Å². The van der Waals surface area contributed by atoms with E-state index in [0.717, 1.165) is 55.6 Å². The topological polar surface area (TPSA) is 38.7 Å². The first-order valence-electron chi connectivity index (χ1n) is 12.0. The Morgan fingerprint density at radius 1 is 0.417 bits per heavy atom. The molecule has 0 saturated carbocycles. The maximum absolute atomic E-state index is 5.07. The van der Waals surface area contributed by atoms with Crippen LogP contribution in [-0.4, -0.2) is 15.0 Å². The van der Waals surface area contributed by atoms with Crippen molar-refractivity contribution in [2.45, 2.75) is 0 Å². The number of hydrogen-bond acceptors (Lipinski definition) is 3. The zero-order valence-electron chi connectivity index (χ0n) is 19.5. The van der Waals surface area contributed by atoms with Gasteiger partial charge in [0.2, 0.25) is 0 Å². The van der Waals surface area contributed by atoms with E-state index < -0.39 is 0 Å². The summed E-state index contributed by atoms with van der Waals surface area (Å²) >= 11 is 0. The van der Waals surface area contributed by atoms with Gasteiger partial charge in [-0.1, -0.05) is 84.9 Å². The fourth-order valence-corrected chi connectivity index (χ4v) is 4.85. The molecule has 0 bridgehead atoms. The second-order valence-corrected chi connectivity index (χ2v) is 8.95. The fraction of sp³-hybridized carbons (Fsp3) is 0. The van der Waals surface area contributed by atoms with E-state index in [4.69, 9.17) is 9.97 Å². The SMILES string of the molecule is c1ccc(-c2ccc3ccc(-c4ccc5ccc(-c6cccc7ccccc67)nc5c4)cc3n2)nc1. The van der Waals surface area contributed by atoms with Crippen LogP contribution in [0.1, 0.15) is 0 Å². The summed E-state index contributed by atoms with van der Waals surface area (Å²) < 4.78 is 0. The standard InChI is InChI=1S/C33H21N3/c1-2-8-27-22(6-1)7-5-9-28(27)29-17-15-23-11-13-25(20-32(23)35-29)26-14-12-24-16-18-31(36-33(24)21-26)30-10-3-4-19-34-30/h1-21H. The number of benzene rings is 4. The lowest BCUT2D eigenvalue weighted by Crippen LogP contribution is -1.89. The lowest BCUT2D eigenvalue weighted by atomic mass is 9.99. The molecule has 0 aliphatic rings. The second kappa shape index (κ2) is 8.40. The molecule has 3 heteroatoms. The molecule has 0 aliphatic carbocycles. The Hall–Kier alpha value is -4.89. The highest BCUT2D eigenvalue weighted by atomic mass is 14.8. The number of hydrogen-bond donors (Lipinski definition) is 0. The Morgan fingerprint density at radius 2 is 1.06 bits per heavy atom. The molecule has 0 amide bonds. The minimum absolute atomic E-state index is 0.875. The van der Waals surface area contributed by atoms with Crippen LogP contribution in [0.3, 0.4) is 0 Å². The van der Waals surface area contributed by atoms with Crippen LogP contribution >= 0.6 is 0 Å². The van der Waals surface area contributed by atoms with Crippen LogP contribution in [-0.2, 0) is 0 Å². The molecule has 7 aromatic rings. The van der Waals surface area contributed by atoms with Gasteiger partial charge in [-0.05, 0) is 58.3 Å². The average molecular weight is 460 g/mol. The van der Waals surface area contributed by atoms with Gasteiger partial charge in [-0.3, -0.25) is 4.98 Å². The van der Waals surface area contributed by atoms with Crippen LogP contribution in [0.15, 0.2) is 128 Å². The van der Waals surface area contributed by atoms with Crippen molar-refractivity contribution in [2.75, 3.05) is 0 Å². The maximum Gasteiger partial charge on any atom is 0.0893 e. The first-order valence-corrected chi connectivity index (χ1v) is 12.0. The van der Waals surface area contributed by atoms with Crippen LogP contribution < -0.4 is 0 Å². The van der Waals surface area contributed by atoms with E-state index in [1.165, 1.54) is 10.8 Å². The quantitative estimate of drug-likeness (QED) is 0.267. The first-order chi connectivity index (χ1) is 17.8. The molecule has 0 atom stereocenters. The molecule has 36 heavy (non-hydrogen) atoms. The Kier molecular flexibility index (Phi) is 4.78. The third-order valence-electron chi connectivity index (χ3n) is 6.71. The third kappa shape index (κ3) is 3.58. The number of fused-ring (bicyclic) bond motifs is 3. The van der Waals surface area contributed by atoms with Gasteiger partial charge in [0, 0.05) is 22.5 Å². The Morgan fingerprint density at radius 3 is 1.81 bits per heavy atom. The van der Waals surface area contributed by atoms with Gasteiger partial charge in [0.05, 0.1) is 28.1 Å². The summed E-state index contributed by atoms with van der Waals surface area (Å²) in [6.07, 6.45) is 1.80. The molecular formula is C33H21N3. The first kappa shape index (κ1) is 20.5. The Bertz CT molecular complexity index is 1890. The lowest BCUT2D eigenvalue weighted by molar-refractivity contribution is 1.28. The lowest BCUT2D eigenvalue weighted by Gasteiger charge is -2.09. The van der Waals surface area contributed by atoms with Crippen LogP contribution in [0.25, 0.3) is 66.4 Å². The molecule has 4 aromatic carbocycles. The van der Waals surface area contributed by atoms with E-state index in [2.05, 4.69) is 102 Å². The summed E-state index contributed by atoms with van der Waals surface area (Å²) in [5.41, 5.74) is 8.06. The Labute approximate surface area is 208 Å². The highest BCUT2D eigenvalue weighted by Gasteiger charge is 2.09. The van der Waals surface area contributed by atoms with Crippen LogP contribution in [0, 0.1) is 0 Å². The molecule has 0 N–H and O–H groups in total. The highest BCUT2D eigenvalue weighted by molar-refractivity contribution is 5.97. The minimum Gasteiger partial charge on any atom is -0.255 e. The smallest absolute Gasteiger partial charge is 0.0893 e. The molecule has 0 aliphatic heterocycles. The molecule has 0 spiro atoms. The van der Waals surface area contributed by atoms with E-state index >= 15 is 0 Å². The molecule has 7 rings (SSSR count). The van der Waals surface area contributed by atoms with Gasteiger partial charge in [0.25, 0.3) is 0 Å². The summed E-state index contributed by atoms with van der Waals surface area (Å²) in [7, 11) is 0. The van der Waals surface area contributed by atoms with E-state index in [9.17, 15) is 0 Å². The summed E-state index contributed by atoms with van der Waals surface area (Å²) in [5.74, 6) is 0. The number of nitrogens with zero attached hydrogens (tertiary/aromatic N) is 3. The molecule has 0 radical (unpaired) electrons. The highest BCUT2D eigenvalue weighted by Crippen LogP contribution is 2.31. The molecule has 3 heterocycles. The van der Waals surface area contributed by atoms with Gasteiger partial charge >= 0.3 is 0 Å². The largest absolute Gasteiger partial charge is 0.255 e. The van der Waals surface area contributed by atoms with Gasteiger partial charge in [-0.2, -0.15) is 0 Å². The van der Waals surface area contributed by atoms with E-state index in [1.807, 2.05) is 24.3 Å². The third-order valence-corrected chi connectivity index (χ3v) is 6.71. The molecule has 168 valence electrons. The van der Waals surface area contributed by atoms with Crippen molar-refractivity contribution in [3.8, 4) is 33.8 Å². The van der Waals surface area contributed by atoms with Gasteiger partial charge in [0.1, 0.15) is 0 Å². The van der Waals surface area contributed by atoms with Crippen molar-refractivity contribution >= 4 is 32.6 Å². The summed E-state index contributed by atoms with van der Waals surface area (Å²) in [6.45, 7) is 0. The molecule has 0 saturated heterocycles. The predicted octanol–water partition coefficient (Wildman–Crippen LogP) is 8.33. The van der Waals surface area contributed by atoms with Crippen molar-refractivity contribution in [2.24, 2.45) is 0 Å². The van der Waals surface area contributed by atoms with Crippen molar-refractivity contribution < 1.29 is 0 Å². The monoisotopic (exact) mass is 459 g/mol. The van der Waals surface area contributed by atoms with Crippen molar-refractivity contribution in [3.05, 3.63) is 128 Å². The van der Waals surface area contributed by atoms with Gasteiger partial charge in [-0.15, -0.1) is 0 Å². The second-order valence-electron chi connectivity index (χ2n) is 8.95. The average Bonchev–Trinajstić information content (AvgIpc) is 2.96. The minimum atomic E-state index is 0.875. The van der Waals surface area contributed by atoms with Gasteiger partial charge in [-0.25, -0.2) is 9.97 Å². The number of aromatic nitrogens is 3. The van der Waals surface area contributed by atoms with E-state index in [-0.39, 0.29) is 0 Å². The number of pyridine rings is 3. The van der Waals surface area contributed by atoms with Crippen molar-refractivity contribution in [1.29, 1.82) is 0 Å². The molecule has 3 nitrogen and oxygen atoms in total. The van der Waals surface area contributed by atoms with Crippen molar-refractivity contribution in [3.63, 3.8) is 0 Å². The van der Waals surface area contributed by atoms with E-state index in [0.29, 0.717) is 0 Å². The maximum atomic E-state index is 5.07. The van der Waals surface area contributed by atoms with Crippen molar-refractivity contribution in [1.82, 2.24) is 15.0 Å². The Balaban J connectivity index is 1.32. The summed E-state index contributed by atoms with van der Waals surface area (Å²) in [4.78, 5) is 14.4. The van der Waals surface area contributed by atoms with E-state index in [1.54, 1.807) is 6.20 Å². The predicted molar refractivity (Wildman–Crippen MR) is 149 cm³/mol. The summed E-state index contributed by atoms with van der Waals surface area (Å²) in [5, 5.41) is 4.67. The molecule has 0 fully saturated rings. The zero-order valence-corrected chi connectivity index (χ0v) is 19.5. The normalized spacial score (nSPS) is 11.3. The fourth-order valence-electron chi connectivity index (χ4n) is 4.85.